The highest BCUT2D eigenvalue weighted by molar-refractivity contribution is 5.94. The van der Waals surface area contributed by atoms with Crippen LogP contribution < -0.4 is 4.74 Å². The van der Waals surface area contributed by atoms with Crippen LogP contribution in [0.5, 0.6) is 5.75 Å². The van der Waals surface area contributed by atoms with E-state index in [0.717, 1.165) is 5.56 Å². The second-order valence-electron chi connectivity index (χ2n) is 4.52. The number of carbonyl (C=O) groups excluding carboxylic acids is 1. The number of aryl methyl sites for hydroxylation is 1. The fourth-order valence-electron chi connectivity index (χ4n) is 1.67. The molecule has 0 aromatic heterocycles. The summed E-state index contributed by atoms with van der Waals surface area (Å²) in [6, 6.07) is 13.3. The van der Waals surface area contributed by atoms with E-state index in [9.17, 15) is 13.6 Å². The Morgan fingerprint density at radius 1 is 1.05 bits per heavy atom. The van der Waals surface area contributed by atoms with Gasteiger partial charge in [-0.25, -0.2) is 9.18 Å². The van der Waals surface area contributed by atoms with Gasteiger partial charge < -0.3 is 4.74 Å². The summed E-state index contributed by atoms with van der Waals surface area (Å²) in [5.41, 5.74) is 1.21. The largest absolute Gasteiger partial charge is 0.421 e. The van der Waals surface area contributed by atoms with Gasteiger partial charge in [0.15, 0.2) is 5.83 Å². The third-order valence-corrected chi connectivity index (χ3v) is 2.87. The van der Waals surface area contributed by atoms with E-state index < -0.39 is 17.6 Å². The Balaban J connectivity index is 2.18. The first-order chi connectivity index (χ1) is 10.5. The first-order valence-electron chi connectivity index (χ1n) is 6.36. The molecule has 0 radical (unpaired) electrons. The van der Waals surface area contributed by atoms with Gasteiger partial charge in [0.25, 0.3) is 0 Å². The van der Waals surface area contributed by atoms with E-state index in [1.54, 1.807) is 19.1 Å². The van der Waals surface area contributed by atoms with E-state index in [0.29, 0.717) is 5.56 Å². The van der Waals surface area contributed by atoms with Crippen molar-refractivity contribution in [2.75, 3.05) is 0 Å². The lowest BCUT2D eigenvalue weighted by atomic mass is 10.1. The SMILES string of the molecule is Cc1ccc(C(F)=C(F)C(=O)Oc2ccc(C#N)cc2)cc1. The van der Waals surface area contributed by atoms with Crippen LogP contribution in [-0.4, -0.2) is 5.97 Å². The molecular formula is C17H11F2NO2. The van der Waals surface area contributed by atoms with Gasteiger partial charge in [0, 0.05) is 5.56 Å². The number of rotatable bonds is 3. The highest BCUT2D eigenvalue weighted by atomic mass is 19.2. The Kier molecular flexibility index (Phi) is 4.64. The second kappa shape index (κ2) is 6.64. The van der Waals surface area contributed by atoms with Crippen LogP contribution >= 0.6 is 0 Å². The number of hydrogen-bond donors (Lipinski definition) is 0. The topological polar surface area (TPSA) is 50.1 Å². The molecule has 22 heavy (non-hydrogen) atoms. The predicted octanol–water partition coefficient (Wildman–Crippen LogP) is 4.08. The lowest BCUT2D eigenvalue weighted by molar-refractivity contribution is -0.131. The molecule has 0 bridgehead atoms. The monoisotopic (exact) mass is 299 g/mol. The normalized spacial score (nSPS) is 11.4. The maximum absolute atomic E-state index is 13.9. The molecule has 0 saturated carbocycles. The molecule has 0 unspecified atom stereocenters. The zero-order valence-electron chi connectivity index (χ0n) is 11.6. The molecule has 0 aliphatic rings. The van der Waals surface area contributed by atoms with E-state index in [2.05, 4.69) is 0 Å². The number of benzene rings is 2. The summed E-state index contributed by atoms with van der Waals surface area (Å²) in [5.74, 6) is -4.29. The molecule has 0 aliphatic carbocycles. The minimum absolute atomic E-state index is 0.0239. The van der Waals surface area contributed by atoms with Crippen LogP contribution in [0.1, 0.15) is 16.7 Å². The molecule has 5 heteroatoms. The molecule has 0 heterocycles. The van der Waals surface area contributed by atoms with Crippen molar-refractivity contribution in [2.24, 2.45) is 0 Å². The number of ether oxygens (including phenoxy) is 1. The van der Waals surface area contributed by atoms with Crippen LogP contribution in [0.25, 0.3) is 5.83 Å². The van der Waals surface area contributed by atoms with Crippen LogP contribution in [0, 0.1) is 18.3 Å². The van der Waals surface area contributed by atoms with Crippen LogP contribution in [0.2, 0.25) is 0 Å². The predicted molar refractivity (Wildman–Crippen MR) is 77.1 cm³/mol. The summed E-state index contributed by atoms with van der Waals surface area (Å²) in [6.07, 6.45) is 0. The maximum atomic E-state index is 13.9. The van der Waals surface area contributed by atoms with Crippen molar-refractivity contribution < 1.29 is 18.3 Å². The molecule has 2 aromatic carbocycles. The van der Waals surface area contributed by atoms with E-state index in [1.165, 1.54) is 36.4 Å². The molecule has 3 nitrogen and oxygen atoms in total. The van der Waals surface area contributed by atoms with Gasteiger partial charge >= 0.3 is 5.97 Å². The van der Waals surface area contributed by atoms with Crippen LogP contribution in [0.4, 0.5) is 8.78 Å². The van der Waals surface area contributed by atoms with Gasteiger partial charge in [-0.2, -0.15) is 9.65 Å². The summed E-state index contributed by atoms with van der Waals surface area (Å²) in [7, 11) is 0. The van der Waals surface area contributed by atoms with Gasteiger partial charge in [0.2, 0.25) is 5.83 Å². The van der Waals surface area contributed by atoms with Crippen molar-refractivity contribution in [1.82, 2.24) is 0 Å². The third kappa shape index (κ3) is 3.55. The van der Waals surface area contributed by atoms with Crippen LogP contribution in [0.3, 0.4) is 0 Å². The Bertz CT molecular complexity index is 757. The first-order valence-corrected chi connectivity index (χ1v) is 6.36. The van der Waals surface area contributed by atoms with E-state index in [4.69, 9.17) is 10.00 Å². The molecule has 2 rings (SSSR count). The van der Waals surface area contributed by atoms with Crippen molar-refractivity contribution >= 4 is 11.8 Å². The fraction of sp³-hybridized carbons (Fsp3) is 0.0588. The zero-order chi connectivity index (χ0) is 16.1. The zero-order valence-corrected chi connectivity index (χ0v) is 11.6. The Hall–Kier alpha value is -3.00. The van der Waals surface area contributed by atoms with Gasteiger partial charge in [-0.3, -0.25) is 0 Å². The average molecular weight is 299 g/mol. The minimum Gasteiger partial charge on any atom is -0.421 e. The maximum Gasteiger partial charge on any atom is 0.375 e. The summed E-state index contributed by atoms with van der Waals surface area (Å²) >= 11 is 0. The average Bonchev–Trinajstić information content (AvgIpc) is 2.55. The third-order valence-electron chi connectivity index (χ3n) is 2.87. The van der Waals surface area contributed by atoms with E-state index in [1.807, 2.05) is 6.07 Å². The number of esters is 1. The number of carbonyl (C=O) groups is 1. The van der Waals surface area contributed by atoms with Crippen molar-refractivity contribution in [2.45, 2.75) is 6.92 Å². The number of nitriles is 1. The van der Waals surface area contributed by atoms with Crippen LogP contribution in [-0.2, 0) is 4.79 Å². The van der Waals surface area contributed by atoms with Crippen molar-refractivity contribution in [1.29, 1.82) is 5.26 Å². The molecule has 110 valence electrons. The van der Waals surface area contributed by atoms with E-state index >= 15 is 0 Å². The highest BCUT2D eigenvalue weighted by Gasteiger charge is 2.19. The first kappa shape index (κ1) is 15.4. The van der Waals surface area contributed by atoms with Gasteiger partial charge in [0.1, 0.15) is 5.75 Å². The summed E-state index contributed by atoms with van der Waals surface area (Å²) in [5, 5.41) is 8.64. The van der Waals surface area contributed by atoms with Gasteiger partial charge in [-0.15, -0.1) is 0 Å². The molecule has 2 aromatic rings. The lowest BCUT2D eigenvalue weighted by Crippen LogP contribution is -2.09. The summed E-state index contributed by atoms with van der Waals surface area (Å²) in [4.78, 5) is 11.6. The minimum atomic E-state index is -1.60. The molecule has 0 amide bonds. The Labute approximate surface area is 126 Å². The molecule has 0 N–H and O–H groups in total. The molecule has 0 fully saturated rings. The smallest absolute Gasteiger partial charge is 0.375 e. The van der Waals surface area contributed by atoms with Crippen molar-refractivity contribution in [3.8, 4) is 11.8 Å². The van der Waals surface area contributed by atoms with Gasteiger partial charge in [0.05, 0.1) is 11.6 Å². The summed E-state index contributed by atoms with van der Waals surface area (Å²) in [6.45, 7) is 1.81. The van der Waals surface area contributed by atoms with Gasteiger partial charge in [-0.1, -0.05) is 29.8 Å². The number of hydrogen-bond acceptors (Lipinski definition) is 3. The molecule has 0 spiro atoms. The number of nitrogens with zero attached hydrogens (tertiary/aromatic N) is 1. The molecular weight excluding hydrogens is 288 g/mol. The van der Waals surface area contributed by atoms with E-state index in [-0.39, 0.29) is 11.3 Å². The number of halogens is 2. The van der Waals surface area contributed by atoms with Crippen molar-refractivity contribution in [3.05, 3.63) is 71.0 Å². The van der Waals surface area contributed by atoms with Crippen molar-refractivity contribution in [3.63, 3.8) is 0 Å². The Morgan fingerprint density at radius 2 is 1.64 bits per heavy atom. The molecule has 0 aliphatic heterocycles. The van der Waals surface area contributed by atoms with Crippen LogP contribution in [0.15, 0.2) is 54.4 Å². The highest BCUT2D eigenvalue weighted by Crippen LogP contribution is 2.23. The standard InChI is InChI=1S/C17H11F2NO2/c1-11-2-6-13(7-3-11)15(18)16(19)17(21)22-14-8-4-12(10-20)5-9-14/h2-9H,1H3. The second-order valence-corrected chi connectivity index (χ2v) is 4.52. The molecule has 0 atom stereocenters. The lowest BCUT2D eigenvalue weighted by Gasteiger charge is -2.04. The quantitative estimate of drug-likeness (QED) is 0.487. The Morgan fingerprint density at radius 3 is 2.18 bits per heavy atom. The summed E-state index contributed by atoms with van der Waals surface area (Å²) < 4.78 is 32.4. The molecule has 0 saturated heterocycles. The fourth-order valence-corrected chi connectivity index (χ4v) is 1.67. The van der Waals surface area contributed by atoms with Gasteiger partial charge in [-0.05, 0) is 31.2 Å².